The molecule has 5 amide bonds. The molecule has 2 N–H and O–H groups in total. The number of unbranched alkanes of at least 4 members (excludes halogenated alkanes) is 6. The largest absolute Gasteiger partial charge is 0.356 e. The molecule has 4 heterocycles. The summed E-state index contributed by atoms with van der Waals surface area (Å²) < 4.78 is 32.2. The van der Waals surface area contributed by atoms with Crippen LogP contribution < -0.4 is 10.0 Å². The molecule has 3 aromatic carbocycles. The summed E-state index contributed by atoms with van der Waals surface area (Å²) in [5.41, 5.74) is 5.84. The van der Waals surface area contributed by atoms with Crippen LogP contribution in [0.2, 0.25) is 0 Å². The maximum atomic E-state index is 13.5. The van der Waals surface area contributed by atoms with Gasteiger partial charge in [-0.3, -0.25) is 43.4 Å². The Morgan fingerprint density at radius 1 is 0.757 bits per heavy atom. The van der Waals surface area contributed by atoms with Crippen LogP contribution in [0.4, 0.5) is 5.69 Å². The van der Waals surface area contributed by atoms with Gasteiger partial charge in [-0.15, -0.1) is 0 Å². The highest BCUT2D eigenvalue weighted by molar-refractivity contribution is 7.92. The van der Waals surface area contributed by atoms with Crippen molar-refractivity contribution >= 4 is 56.3 Å². The fourth-order valence-electron chi connectivity index (χ4n) is 11.5. The molecule has 4 aliphatic rings. The first-order valence-electron chi connectivity index (χ1n) is 25.7. The number of amides is 5. The van der Waals surface area contributed by atoms with Crippen molar-refractivity contribution in [3.05, 3.63) is 88.7 Å². The van der Waals surface area contributed by atoms with E-state index >= 15 is 0 Å². The first-order chi connectivity index (χ1) is 33.7. The summed E-state index contributed by atoms with van der Waals surface area (Å²) in [5.74, 6) is -0.843. The number of imidazole rings is 1. The Labute approximate surface area is 413 Å². The Morgan fingerprint density at radius 2 is 1.46 bits per heavy atom. The number of fused-ring (bicyclic) bond motifs is 2. The summed E-state index contributed by atoms with van der Waals surface area (Å²) in [6.07, 6.45) is 11.9. The molecule has 1 aliphatic carbocycles. The van der Waals surface area contributed by atoms with Crippen LogP contribution in [-0.4, -0.2) is 126 Å². The van der Waals surface area contributed by atoms with Crippen molar-refractivity contribution in [3.63, 3.8) is 0 Å². The van der Waals surface area contributed by atoms with Crippen LogP contribution in [0, 0.1) is 32.6 Å². The summed E-state index contributed by atoms with van der Waals surface area (Å²) in [6.45, 7) is 11.8. The van der Waals surface area contributed by atoms with E-state index in [2.05, 4.69) is 36.5 Å². The molecule has 15 nitrogen and oxygen atoms in total. The minimum absolute atomic E-state index is 0.121. The molecular formula is C54H72N8O7S. The van der Waals surface area contributed by atoms with E-state index in [4.69, 9.17) is 4.98 Å². The highest BCUT2D eigenvalue weighted by Gasteiger charge is 2.55. The van der Waals surface area contributed by atoms with Crippen molar-refractivity contribution in [2.45, 2.75) is 141 Å². The van der Waals surface area contributed by atoms with Crippen LogP contribution in [0.15, 0.2) is 65.6 Å². The lowest BCUT2D eigenvalue weighted by atomic mass is 9.78. The van der Waals surface area contributed by atoms with E-state index in [1.807, 2.05) is 69.3 Å². The number of likely N-dealkylation sites (tertiary alicyclic amines) is 2. The first-order valence-corrected chi connectivity index (χ1v) is 27.2. The molecule has 0 radical (unpaired) electrons. The topological polar surface area (TPSA) is 174 Å². The van der Waals surface area contributed by atoms with Crippen LogP contribution in [0.25, 0.3) is 11.0 Å². The van der Waals surface area contributed by atoms with Crippen LogP contribution in [0.1, 0.15) is 118 Å². The lowest BCUT2D eigenvalue weighted by Gasteiger charge is -2.42. The number of carbonyl (C=O) groups is 5. The van der Waals surface area contributed by atoms with E-state index in [0.717, 1.165) is 135 Å². The molecule has 4 atom stereocenters. The minimum Gasteiger partial charge on any atom is -0.356 e. The number of piperazine rings is 1. The van der Waals surface area contributed by atoms with E-state index in [1.165, 1.54) is 17.5 Å². The van der Waals surface area contributed by atoms with Crippen molar-refractivity contribution < 1.29 is 32.4 Å². The van der Waals surface area contributed by atoms with Gasteiger partial charge in [-0.1, -0.05) is 73.7 Å². The summed E-state index contributed by atoms with van der Waals surface area (Å²) in [4.78, 5) is 76.9. The fraction of sp³-hybridized carbons (Fsp3) is 0.556. The number of hydrogen-bond donors (Lipinski definition) is 2. The van der Waals surface area contributed by atoms with Gasteiger partial charge in [0.2, 0.25) is 23.6 Å². The molecule has 3 aliphatic heterocycles. The standard InChI is InChI=1S/C54H72N8O7S/c1-37-32-38(2)51(39(3)33-37)70(68,69)57-41-20-23-46-45(34-41)56-48(61(46)36-40-16-10-8-11-17-40)18-12-6-5-7-14-26-55-49(63)19-13-9-15-27-59-28-30-60(31-29-59)42-21-22-43-44(35-42)53(66)62(52(43)65)47-24-25-50(64)58(4)54(47)67/h8,10-11,16-17,20,23,32-34,42-44,47,57H,5-7,9,12-15,18-19,21-22,24-31,35-36H2,1-4H3,(H,55,63). The molecule has 4 unspecified atom stereocenters. The molecule has 1 aromatic heterocycles. The molecule has 0 spiro atoms. The summed E-state index contributed by atoms with van der Waals surface area (Å²) >= 11 is 0. The number of nitrogens with zero attached hydrogens (tertiary/aromatic N) is 6. The number of likely N-dealkylation sites (N-methyl/N-ethyl adjacent to an activating group) is 1. The van der Waals surface area contributed by atoms with Crippen LogP contribution in [0.3, 0.4) is 0 Å². The second-order valence-corrected chi connectivity index (χ2v) is 21.9. The van der Waals surface area contributed by atoms with Gasteiger partial charge in [0.15, 0.2) is 0 Å². The third-order valence-electron chi connectivity index (χ3n) is 15.2. The highest BCUT2D eigenvalue weighted by Crippen LogP contribution is 2.42. The molecule has 70 heavy (non-hydrogen) atoms. The van der Waals surface area contributed by atoms with E-state index in [1.54, 1.807) is 0 Å². The number of aryl methyl sites for hydroxylation is 4. The molecule has 0 bridgehead atoms. The quantitative estimate of drug-likeness (QED) is 0.0661. The third-order valence-corrected chi connectivity index (χ3v) is 16.9. The molecule has 16 heteroatoms. The molecule has 1 saturated carbocycles. The van der Waals surface area contributed by atoms with Crippen LogP contribution in [-0.2, 0) is 47.0 Å². The van der Waals surface area contributed by atoms with E-state index in [9.17, 15) is 32.4 Å². The van der Waals surface area contributed by atoms with E-state index < -0.39 is 22.0 Å². The third kappa shape index (κ3) is 11.8. The van der Waals surface area contributed by atoms with E-state index in [-0.39, 0.29) is 54.3 Å². The number of benzene rings is 3. The number of piperidine rings is 1. The minimum atomic E-state index is -3.80. The van der Waals surface area contributed by atoms with Crippen molar-refractivity contribution in [1.29, 1.82) is 0 Å². The fourth-order valence-corrected chi connectivity index (χ4v) is 13.0. The average Bonchev–Trinajstić information content (AvgIpc) is 3.79. The number of nitrogens with one attached hydrogen (secondary N) is 2. The molecule has 3 saturated heterocycles. The summed E-state index contributed by atoms with van der Waals surface area (Å²) in [5, 5.41) is 3.12. The first kappa shape index (κ1) is 50.9. The van der Waals surface area contributed by atoms with Gasteiger partial charge < -0.3 is 14.8 Å². The zero-order valence-electron chi connectivity index (χ0n) is 41.6. The van der Waals surface area contributed by atoms with Crippen molar-refractivity contribution in [1.82, 2.24) is 34.5 Å². The van der Waals surface area contributed by atoms with E-state index in [0.29, 0.717) is 42.9 Å². The number of hydrogen-bond acceptors (Lipinski definition) is 10. The predicted molar refractivity (Wildman–Crippen MR) is 270 cm³/mol. The lowest BCUT2D eigenvalue weighted by Crippen LogP contribution is -2.55. The molecule has 8 rings (SSSR count). The summed E-state index contributed by atoms with van der Waals surface area (Å²) in [7, 11) is -2.37. The Hall–Kier alpha value is -5.45. The average molecular weight is 977 g/mol. The second-order valence-electron chi connectivity index (χ2n) is 20.3. The van der Waals surface area contributed by atoms with Gasteiger partial charge in [-0.25, -0.2) is 13.4 Å². The highest BCUT2D eigenvalue weighted by atomic mass is 32.2. The van der Waals surface area contributed by atoms with Gasteiger partial charge in [0, 0.05) is 71.6 Å². The maximum Gasteiger partial charge on any atom is 0.262 e. The van der Waals surface area contributed by atoms with Crippen molar-refractivity contribution in [2.24, 2.45) is 11.8 Å². The SMILES string of the molecule is Cc1cc(C)c(S(=O)(=O)Nc2ccc3c(c2)nc(CCCCCCCNC(=O)CCCCCN2CCN(C4CCC5C(=O)N(C6CCC(=O)N(C)C6=O)C(=O)C5C4)CC2)n3Cc2ccccc2)c(C)c1. The second kappa shape index (κ2) is 22.7. The Balaban J connectivity index is 0.694. The predicted octanol–water partition coefficient (Wildman–Crippen LogP) is 6.90. The number of sulfonamides is 1. The monoisotopic (exact) mass is 977 g/mol. The Bertz CT molecular complexity index is 2640. The van der Waals surface area contributed by atoms with Gasteiger partial charge in [0.25, 0.3) is 15.9 Å². The number of imide groups is 2. The number of anilines is 1. The number of aromatic nitrogens is 2. The van der Waals surface area contributed by atoms with Gasteiger partial charge in [0.05, 0.1) is 33.5 Å². The molecule has 4 aromatic rings. The molecule has 4 fully saturated rings. The smallest absolute Gasteiger partial charge is 0.262 e. The number of rotatable bonds is 21. The summed E-state index contributed by atoms with van der Waals surface area (Å²) in [6, 6.07) is 19.1. The zero-order valence-corrected chi connectivity index (χ0v) is 42.4. The van der Waals surface area contributed by atoms with Crippen molar-refractivity contribution in [2.75, 3.05) is 51.0 Å². The molecular weight excluding hydrogens is 905 g/mol. The van der Waals surface area contributed by atoms with Gasteiger partial charge >= 0.3 is 0 Å². The molecule has 376 valence electrons. The van der Waals surface area contributed by atoms with Crippen LogP contribution in [0.5, 0.6) is 0 Å². The normalized spacial score (nSPS) is 21.5. The number of carbonyl (C=O) groups excluding carboxylic acids is 5. The van der Waals surface area contributed by atoms with Crippen molar-refractivity contribution in [3.8, 4) is 0 Å². The van der Waals surface area contributed by atoms with Gasteiger partial charge in [-0.2, -0.15) is 0 Å². The van der Waals surface area contributed by atoms with Crippen LogP contribution >= 0.6 is 0 Å². The van der Waals surface area contributed by atoms with Gasteiger partial charge in [0.1, 0.15) is 11.9 Å². The maximum absolute atomic E-state index is 13.5. The lowest BCUT2D eigenvalue weighted by molar-refractivity contribution is -0.159. The zero-order chi connectivity index (χ0) is 49.5. The van der Waals surface area contributed by atoms with Gasteiger partial charge in [-0.05, 0) is 114 Å². The Kier molecular flexibility index (Phi) is 16.5. The Morgan fingerprint density at radius 3 is 2.21 bits per heavy atom.